The third kappa shape index (κ3) is 2.69. The molecule has 24 heavy (non-hydrogen) atoms. The highest BCUT2D eigenvalue weighted by atomic mass is 16.7. The first-order valence-electron chi connectivity index (χ1n) is 7.25. The molecule has 0 unspecified atom stereocenters. The molecule has 1 N–H and O–H groups in total. The summed E-state index contributed by atoms with van der Waals surface area (Å²) in [7, 11) is 1.21. The van der Waals surface area contributed by atoms with Gasteiger partial charge in [0, 0.05) is 5.39 Å². The van der Waals surface area contributed by atoms with Crippen molar-refractivity contribution >= 4 is 16.7 Å². The van der Waals surface area contributed by atoms with Gasteiger partial charge in [0.15, 0.2) is 0 Å². The molecule has 122 valence electrons. The van der Waals surface area contributed by atoms with Crippen LogP contribution in [-0.2, 0) is 11.3 Å². The number of aromatic nitrogens is 1. The molecule has 0 saturated carbocycles. The first-order valence-corrected chi connectivity index (χ1v) is 7.25. The number of hydrogen-bond acceptors (Lipinski definition) is 5. The Hall–Kier alpha value is -3.28. The Morgan fingerprint density at radius 1 is 1.04 bits per heavy atom. The van der Waals surface area contributed by atoms with Gasteiger partial charge in [-0.05, 0) is 11.6 Å². The van der Waals surface area contributed by atoms with Crippen molar-refractivity contribution in [3.63, 3.8) is 0 Å². The molecule has 0 aliphatic rings. The topological polar surface area (TPSA) is 77.8 Å². The third-order valence-corrected chi connectivity index (χ3v) is 3.62. The van der Waals surface area contributed by atoms with Gasteiger partial charge in [-0.1, -0.05) is 48.5 Å². The minimum absolute atomic E-state index is 0.0628. The van der Waals surface area contributed by atoms with Crippen LogP contribution in [-0.4, -0.2) is 22.9 Å². The highest BCUT2D eigenvalue weighted by Crippen LogP contribution is 2.25. The van der Waals surface area contributed by atoms with E-state index in [-0.39, 0.29) is 17.6 Å². The maximum absolute atomic E-state index is 12.6. The molecule has 1 heterocycles. The Balaban J connectivity index is 2.13. The first kappa shape index (κ1) is 15.6. The maximum atomic E-state index is 12.6. The smallest absolute Gasteiger partial charge is 0.344 e. The van der Waals surface area contributed by atoms with Gasteiger partial charge in [0.1, 0.15) is 12.2 Å². The fourth-order valence-corrected chi connectivity index (χ4v) is 2.45. The summed E-state index contributed by atoms with van der Waals surface area (Å²) < 4.78 is 5.44. The quantitative estimate of drug-likeness (QED) is 0.744. The van der Waals surface area contributed by atoms with Crippen LogP contribution in [0.5, 0.6) is 5.88 Å². The van der Waals surface area contributed by atoms with Crippen LogP contribution in [0, 0.1) is 0 Å². The molecule has 3 aromatic rings. The van der Waals surface area contributed by atoms with Crippen molar-refractivity contribution in [2.75, 3.05) is 7.11 Å². The Morgan fingerprint density at radius 3 is 2.33 bits per heavy atom. The lowest BCUT2D eigenvalue weighted by molar-refractivity contribution is 0.0553. The van der Waals surface area contributed by atoms with Crippen LogP contribution in [0.15, 0.2) is 59.4 Å². The van der Waals surface area contributed by atoms with Gasteiger partial charge >= 0.3 is 5.97 Å². The summed E-state index contributed by atoms with van der Waals surface area (Å²) in [6, 6.07) is 15.7. The van der Waals surface area contributed by atoms with Crippen molar-refractivity contribution in [3.05, 3.63) is 76.1 Å². The van der Waals surface area contributed by atoms with Crippen molar-refractivity contribution in [1.82, 2.24) is 4.73 Å². The minimum atomic E-state index is -0.749. The van der Waals surface area contributed by atoms with Crippen LogP contribution < -0.4 is 10.4 Å². The zero-order valence-corrected chi connectivity index (χ0v) is 12.9. The molecule has 0 spiro atoms. The lowest BCUT2D eigenvalue weighted by Crippen LogP contribution is -2.28. The molecule has 0 atom stereocenters. The molecule has 0 aliphatic heterocycles. The molecule has 0 fully saturated rings. The monoisotopic (exact) mass is 325 g/mol. The van der Waals surface area contributed by atoms with E-state index in [1.54, 1.807) is 24.3 Å². The Kier molecular flexibility index (Phi) is 4.20. The summed E-state index contributed by atoms with van der Waals surface area (Å²) in [5.41, 5.74) is 0.157. The average Bonchev–Trinajstić information content (AvgIpc) is 2.62. The fraction of sp³-hybridized carbons (Fsp3) is 0.111. The molecule has 6 nitrogen and oxygen atoms in total. The minimum Gasteiger partial charge on any atom is -0.492 e. The second-order valence-corrected chi connectivity index (χ2v) is 5.09. The van der Waals surface area contributed by atoms with Gasteiger partial charge in [0.2, 0.25) is 5.88 Å². The lowest BCUT2D eigenvalue weighted by atomic mass is 10.1. The van der Waals surface area contributed by atoms with Gasteiger partial charge in [-0.2, -0.15) is 0 Å². The van der Waals surface area contributed by atoms with Crippen LogP contribution in [0.2, 0.25) is 0 Å². The highest BCUT2D eigenvalue weighted by molar-refractivity contribution is 6.06. The van der Waals surface area contributed by atoms with Crippen LogP contribution in [0.3, 0.4) is 0 Å². The standard InChI is InChI=1S/C18H15NO5/c1-23-18(22)15-13-9-5-6-10-14(13)16(20)19(17(15)21)24-11-12-7-3-2-4-8-12/h2-10,21H,11H2,1H3. The predicted molar refractivity (Wildman–Crippen MR) is 87.9 cm³/mol. The summed E-state index contributed by atoms with van der Waals surface area (Å²) >= 11 is 0. The number of nitrogens with zero attached hydrogens (tertiary/aromatic N) is 1. The number of rotatable bonds is 4. The summed E-state index contributed by atoms with van der Waals surface area (Å²) in [6.45, 7) is 0.0628. The highest BCUT2D eigenvalue weighted by Gasteiger charge is 2.23. The third-order valence-electron chi connectivity index (χ3n) is 3.62. The van der Waals surface area contributed by atoms with E-state index in [1.165, 1.54) is 7.11 Å². The number of benzene rings is 2. The Morgan fingerprint density at radius 2 is 1.67 bits per heavy atom. The Bertz CT molecular complexity index is 947. The molecular formula is C18H15NO5. The number of ether oxygens (including phenoxy) is 1. The molecule has 6 heteroatoms. The lowest BCUT2D eigenvalue weighted by Gasteiger charge is -2.14. The molecule has 1 aromatic heterocycles. The number of carbonyl (C=O) groups excluding carboxylic acids is 1. The molecule has 0 amide bonds. The van der Waals surface area contributed by atoms with Gasteiger partial charge in [-0.15, -0.1) is 4.73 Å². The van der Waals surface area contributed by atoms with E-state index >= 15 is 0 Å². The van der Waals surface area contributed by atoms with Crippen LogP contribution in [0.4, 0.5) is 0 Å². The summed E-state index contributed by atoms with van der Waals surface area (Å²) in [6.07, 6.45) is 0. The van der Waals surface area contributed by atoms with Crippen molar-refractivity contribution in [3.8, 4) is 5.88 Å². The molecule has 0 radical (unpaired) electrons. The van der Waals surface area contributed by atoms with Gasteiger partial charge in [-0.3, -0.25) is 4.79 Å². The summed E-state index contributed by atoms with van der Waals surface area (Å²) in [4.78, 5) is 30.0. The van der Waals surface area contributed by atoms with Crippen molar-refractivity contribution in [2.24, 2.45) is 0 Å². The van der Waals surface area contributed by atoms with E-state index in [1.807, 2.05) is 30.3 Å². The fourth-order valence-electron chi connectivity index (χ4n) is 2.45. The number of esters is 1. The van der Waals surface area contributed by atoms with E-state index in [4.69, 9.17) is 9.57 Å². The number of hydrogen-bond donors (Lipinski definition) is 1. The normalized spacial score (nSPS) is 10.5. The predicted octanol–water partition coefficient (Wildman–Crippen LogP) is 2.12. The van der Waals surface area contributed by atoms with Gasteiger partial charge in [0.25, 0.3) is 5.56 Å². The number of pyridine rings is 1. The van der Waals surface area contributed by atoms with E-state index in [0.717, 1.165) is 10.3 Å². The first-order chi connectivity index (χ1) is 11.6. The average molecular weight is 325 g/mol. The molecule has 0 saturated heterocycles. The number of fused-ring (bicyclic) bond motifs is 1. The summed E-state index contributed by atoms with van der Waals surface area (Å²) in [5, 5.41) is 10.9. The van der Waals surface area contributed by atoms with Gasteiger partial charge in [-0.25, -0.2) is 4.79 Å². The Labute approximate surface area is 137 Å². The zero-order valence-electron chi connectivity index (χ0n) is 12.9. The molecule has 2 aromatic carbocycles. The molecule has 0 aliphatic carbocycles. The number of methoxy groups -OCH3 is 1. The summed E-state index contributed by atoms with van der Waals surface area (Å²) in [5.74, 6) is -1.33. The zero-order chi connectivity index (χ0) is 17.1. The second kappa shape index (κ2) is 6.45. The second-order valence-electron chi connectivity index (χ2n) is 5.09. The van der Waals surface area contributed by atoms with E-state index in [0.29, 0.717) is 5.39 Å². The van der Waals surface area contributed by atoms with E-state index in [2.05, 4.69) is 0 Å². The van der Waals surface area contributed by atoms with Crippen LogP contribution >= 0.6 is 0 Å². The van der Waals surface area contributed by atoms with Crippen molar-refractivity contribution in [2.45, 2.75) is 6.61 Å². The molecule has 0 bridgehead atoms. The molecular weight excluding hydrogens is 310 g/mol. The van der Waals surface area contributed by atoms with Crippen molar-refractivity contribution < 1.29 is 19.5 Å². The maximum Gasteiger partial charge on any atom is 0.344 e. The van der Waals surface area contributed by atoms with E-state index < -0.39 is 17.4 Å². The van der Waals surface area contributed by atoms with Crippen molar-refractivity contribution in [1.29, 1.82) is 0 Å². The van der Waals surface area contributed by atoms with E-state index in [9.17, 15) is 14.7 Å². The largest absolute Gasteiger partial charge is 0.492 e. The molecule has 3 rings (SSSR count). The van der Waals surface area contributed by atoms with Crippen LogP contribution in [0.1, 0.15) is 15.9 Å². The van der Waals surface area contributed by atoms with Crippen LogP contribution in [0.25, 0.3) is 10.8 Å². The van der Waals surface area contributed by atoms with Gasteiger partial charge in [0.05, 0.1) is 12.5 Å². The number of carbonyl (C=O) groups is 1. The SMILES string of the molecule is COC(=O)c1c(O)n(OCc2ccccc2)c(=O)c2ccccc12. The number of aromatic hydroxyl groups is 1. The van der Waals surface area contributed by atoms with Gasteiger partial charge < -0.3 is 14.7 Å².